The Morgan fingerprint density at radius 2 is 1.46 bits per heavy atom. The minimum atomic E-state index is -0.598. The number of hydroxylamine groups is 1. The number of carbonyl (C=O) groups excluding carboxylic acids is 2. The molecule has 2 N–H and O–H groups in total. The number of allylic oxidation sites excluding steroid dienone is 1. The minimum Gasteiger partial charge on any atom is -0.368 e. The zero-order valence-corrected chi connectivity index (χ0v) is 19.5. The number of amides is 1. The van der Waals surface area contributed by atoms with Gasteiger partial charge in [-0.05, 0) is 47.0 Å². The molecule has 3 aromatic carbocycles. The molecule has 0 aromatic heterocycles. The first-order chi connectivity index (χ1) is 17.1. The molecule has 0 unspecified atom stereocenters. The zero-order chi connectivity index (χ0) is 24.5. The Morgan fingerprint density at radius 3 is 2.17 bits per heavy atom. The average Bonchev–Trinajstić information content (AvgIpc) is 2.91. The molecule has 1 aliphatic heterocycles. The summed E-state index contributed by atoms with van der Waals surface area (Å²) in [7, 11) is 0. The molecule has 1 saturated heterocycles. The highest BCUT2D eigenvalue weighted by Gasteiger charge is 2.20. The monoisotopic (exact) mass is 467 g/mol. The van der Waals surface area contributed by atoms with Gasteiger partial charge in [-0.2, -0.15) is 0 Å². The van der Waals surface area contributed by atoms with Gasteiger partial charge < -0.3 is 4.90 Å². The van der Waals surface area contributed by atoms with Crippen LogP contribution in [0.25, 0.3) is 12.2 Å². The first kappa shape index (κ1) is 24.1. The Balaban J connectivity index is 1.41. The summed E-state index contributed by atoms with van der Waals surface area (Å²) in [5, 5.41) is 8.61. The molecule has 6 nitrogen and oxygen atoms in total. The molecule has 0 aliphatic carbocycles. The summed E-state index contributed by atoms with van der Waals surface area (Å²) in [6, 6.07) is 25.7. The predicted octanol–water partition coefficient (Wildman–Crippen LogP) is 4.42. The van der Waals surface area contributed by atoms with Crippen molar-refractivity contribution in [2.45, 2.75) is 6.54 Å². The number of hydrogen-bond donors (Lipinski definition) is 2. The van der Waals surface area contributed by atoms with Crippen LogP contribution >= 0.6 is 0 Å². The number of hydrogen-bond acceptors (Lipinski definition) is 5. The number of nitrogens with zero attached hydrogens (tertiary/aromatic N) is 2. The molecule has 35 heavy (non-hydrogen) atoms. The highest BCUT2D eigenvalue weighted by Crippen LogP contribution is 2.23. The van der Waals surface area contributed by atoms with Crippen LogP contribution in [0.15, 0.2) is 91.0 Å². The molecule has 1 fully saturated rings. The smallest absolute Gasteiger partial charge is 0.267 e. The van der Waals surface area contributed by atoms with E-state index in [4.69, 9.17) is 5.21 Å². The largest absolute Gasteiger partial charge is 0.368 e. The van der Waals surface area contributed by atoms with E-state index in [1.165, 1.54) is 11.6 Å². The van der Waals surface area contributed by atoms with Crippen molar-refractivity contribution in [2.24, 2.45) is 0 Å². The zero-order valence-electron chi connectivity index (χ0n) is 19.5. The molecule has 0 saturated carbocycles. The Kier molecular flexibility index (Phi) is 8.22. The molecule has 0 radical (unpaired) electrons. The molecule has 1 amide bonds. The van der Waals surface area contributed by atoms with Crippen molar-refractivity contribution in [3.63, 3.8) is 0 Å². The van der Waals surface area contributed by atoms with Crippen LogP contribution in [0.1, 0.15) is 27.0 Å². The molecule has 178 valence electrons. The standard InChI is InChI=1S/C29H29N3O3/c33-28(15-13-23-9-6-10-24(21-23)14-16-29(34)30-35)26-11-4-5-12-27(26)32-19-17-31(18-20-32)22-25-7-2-1-3-8-25/h1-16,21,35H,17-20,22H2,(H,30,34). The van der Waals surface area contributed by atoms with E-state index in [9.17, 15) is 9.59 Å². The second kappa shape index (κ2) is 11.9. The van der Waals surface area contributed by atoms with E-state index >= 15 is 0 Å². The maximum atomic E-state index is 13.1. The van der Waals surface area contributed by atoms with Gasteiger partial charge in [-0.3, -0.25) is 19.7 Å². The van der Waals surface area contributed by atoms with Crippen LogP contribution in [0.5, 0.6) is 0 Å². The van der Waals surface area contributed by atoms with Crippen LogP contribution in [-0.2, 0) is 11.3 Å². The maximum absolute atomic E-state index is 13.1. The summed E-state index contributed by atoms with van der Waals surface area (Å²) in [5.41, 5.74) is 6.17. The van der Waals surface area contributed by atoms with Crippen LogP contribution in [-0.4, -0.2) is 48.0 Å². The summed E-state index contributed by atoms with van der Waals surface area (Å²) >= 11 is 0. The Labute approximate surface area is 205 Å². The topological polar surface area (TPSA) is 72.9 Å². The number of nitrogens with one attached hydrogen (secondary N) is 1. The molecule has 4 rings (SSSR count). The van der Waals surface area contributed by atoms with E-state index in [0.29, 0.717) is 5.56 Å². The summed E-state index contributed by atoms with van der Waals surface area (Å²) in [4.78, 5) is 29.0. The maximum Gasteiger partial charge on any atom is 0.267 e. The number of piperazine rings is 1. The lowest BCUT2D eigenvalue weighted by Crippen LogP contribution is -2.46. The van der Waals surface area contributed by atoms with Crippen molar-refractivity contribution >= 4 is 29.5 Å². The lowest BCUT2D eigenvalue weighted by molar-refractivity contribution is -0.124. The Hall–Kier alpha value is -4.00. The van der Waals surface area contributed by atoms with Gasteiger partial charge in [0.1, 0.15) is 0 Å². The van der Waals surface area contributed by atoms with Gasteiger partial charge in [0.25, 0.3) is 5.91 Å². The number of ketones is 1. The predicted molar refractivity (Wildman–Crippen MR) is 139 cm³/mol. The van der Waals surface area contributed by atoms with E-state index in [2.05, 4.69) is 34.1 Å². The number of benzene rings is 3. The Morgan fingerprint density at radius 1 is 0.800 bits per heavy atom. The third-order valence-corrected chi connectivity index (χ3v) is 6.01. The van der Waals surface area contributed by atoms with Crippen molar-refractivity contribution < 1.29 is 14.8 Å². The fourth-order valence-electron chi connectivity index (χ4n) is 4.18. The first-order valence-corrected chi connectivity index (χ1v) is 11.7. The number of carbonyl (C=O) groups is 2. The van der Waals surface area contributed by atoms with Gasteiger partial charge in [-0.25, -0.2) is 5.48 Å². The molecular formula is C29H29N3O3. The van der Waals surface area contributed by atoms with Crippen LogP contribution in [0.3, 0.4) is 0 Å². The van der Waals surface area contributed by atoms with Crippen molar-refractivity contribution in [2.75, 3.05) is 31.1 Å². The lowest BCUT2D eigenvalue weighted by Gasteiger charge is -2.36. The van der Waals surface area contributed by atoms with Gasteiger partial charge in [0.05, 0.1) is 0 Å². The first-order valence-electron chi connectivity index (χ1n) is 11.7. The van der Waals surface area contributed by atoms with Gasteiger partial charge in [-0.15, -0.1) is 0 Å². The van der Waals surface area contributed by atoms with Crippen molar-refractivity contribution in [1.82, 2.24) is 10.4 Å². The van der Waals surface area contributed by atoms with Crippen molar-refractivity contribution in [1.29, 1.82) is 0 Å². The van der Waals surface area contributed by atoms with E-state index in [0.717, 1.165) is 49.5 Å². The molecule has 6 heteroatoms. The molecule has 0 bridgehead atoms. The van der Waals surface area contributed by atoms with Gasteiger partial charge in [-0.1, -0.05) is 66.7 Å². The fourth-order valence-corrected chi connectivity index (χ4v) is 4.18. The fraction of sp³-hybridized carbons (Fsp3) is 0.172. The highest BCUT2D eigenvalue weighted by molar-refractivity contribution is 6.10. The van der Waals surface area contributed by atoms with Crippen LogP contribution in [0.2, 0.25) is 0 Å². The quantitative estimate of drug-likeness (QED) is 0.222. The second-order valence-corrected chi connectivity index (χ2v) is 8.44. The minimum absolute atomic E-state index is 0.0482. The van der Waals surface area contributed by atoms with Gasteiger partial charge >= 0.3 is 0 Å². The molecule has 1 heterocycles. The number of rotatable bonds is 8. The average molecular weight is 468 g/mol. The number of anilines is 1. The lowest BCUT2D eigenvalue weighted by atomic mass is 10.0. The molecular weight excluding hydrogens is 438 g/mol. The van der Waals surface area contributed by atoms with Gasteiger partial charge in [0.15, 0.2) is 5.78 Å². The SMILES string of the molecule is O=C(C=Cc1cccc(C=CC(=O)c2ccccc2N2CCN(Cc3ccccc3)CC2)c1)NO. The Bertz CT molecular complexity index is 1210. The van der Waals surface area contributed by atoms with Crippen LogP contribution < -0.4 is 10.4 Å². The second-order valence-electron chi connectivity index (χ2n) is 8.44. The third kappa shape index (κ3) is 6.76. The third-order valence-electron chi connectivity index (χ3n) is 6.01. The molecule has 0 spiro atoms. The van der Waals surface area contributed by atoms with E-state index < -0.39 is 5.91 Å². The molecule has 0 atom stereocenters. The molecule has 3 aromatic rings. The van der Waals surface area contributed by atoms with E-state index in [-0.39, 0.29) is 5.78 Å². The van der Waals surface area contributed by atoms with Crippen molar-refractivity contribution in [3.8, 4) is 0 Å². The summed E-state index contributed by atoms with van der Waals surface area (Å²) in [5.74, 6) is -0.647. The summed E-state index contributed by atoms with van der Waals surface area (Å²) in [6.07, 6.45) is 6.20. The van der Waals surface area contributed by atoms with Crippen LogP contribution in [0.4, 0.5) is 5.69 Å². The van der Waals surface area contributed by atoms with Gasteiger partial charge in [0.2, 0.25) is 0 Å². The van der Waals surface area contributed by atoms with E-state index in [1.807, 2.05) is 54.6 Å². The summed E-state index contributed by atoms with van der Waals surface area (Å²) < 4.78 is 0. The van der Waals surface area contributed by atoms with Crippen LogP contribution in [0, 0.1) is 0 Å². The summed E-state index contributed by atoms with van der Waals surface area (Å²) in [6.45, 7) is 4.58. The van der Waals surface area contributed by atoms with Gasteiger partial charge in [0, 0.05) is 50.1 Å². The highest BCUT2D eigenvalue weighted by atomic mass is 16.5. The normalized spacial score (nSPS) is 14.5. The van der Waals surface area contributed by atoms with E-state index in [1.54, 1.807) is 23.7 Å². The van der Waals surface area contributed by atoms with Crippen molar-refractivity contribution in [3.05, 3.63) is 113 Å². The molecule has 1 aliphatic rings. The number of para-hydroxylation sites is 1.